The van der Waals surface area contributed by atoms with Gasteiger partial charge in [-0.05, 0) is 104 Å². The van der Waals surface area contributed by atoms with E-state index in [1.807, 2.05) is 0 Å². The third kappa shape index (κ3) is 28.6. The van der Waals surface area contributed by atoms with Gasteiger partial charge in [-0.25, -0.2) is 4.99 Å². The van der Waals surface area contributed by atoms with Crippen LogP contribution in [0.2, 0.25) is 0 Å². The van der Waals surface area contributed by atoms with Crippen LogP contribution >= 0.6 is 0 Å². The average Bonchev–Trinajstić information content (AvgIpc) is 3.25. The van der Waals surface area contributed by atoms with Gasteiger partial charge in [-0.15, -0.1) is 0 Å². The van der Waals surface area contributed by atoms with Gasteiger partial charge in [-0.1, -0.05) is 240 Å². The van der Waals surface area contributed by atoms with Crippen molar-refractivity contribution in [1.82, 2.24) is 0 Å². The molecule has 0 unspecified atom stereocenters. The molecule has 0 N–H and O–H groups in total. The van der Waals surface area contributed by atoms with Crippen molar-refractivity contribution in [2.45, 2.75) is 273 Å². The van der Waals surface area contributed by atoms with Gasteiger partial charge in [0.15, 0.2) is 0 Å². The summed E-state index contributed by atoms with van der Waals surface area (Å²) in [5, 5.41) is 0. The van der Waals surface area contributed by atoms with Crippen LogP contribution in [-0.4, -0.2) is 11.4 Å². The molecule has 0 heterocycles. The molecule has 0 aromatic heterocycles. The number of nitrogens with zero attached hydrogens (tertiary/aromatic N) is 2. The number of allylic oxidation sites excluding steroid dienone is 2. The van der Waals surface area contributed by atoms with Crippen LogP contribution in [0.4, 0.5) is 11.4 Å². The first kappa shape index (κ1) is 57.2. The van der Waals surface area contributed by atoms with E-state index in [2.05, 4.69) is 90.1 Å². The van der Waals surface area contributed by atoms with E-state index in [0.717, 1.165) is 87.0 Å². The molecule has 0 amide bonds. The summed E-state index contributed by atoms with van der Waals surface area (Å²) in [6.45, 7) is 13.7. The van der Waals surface area contributed by atoms with E-state index in [0.29, 0.717) is 0 Å². The van der Waals surface area contributed by atoms with Gasteiger partial charge in [0, 0.05) is 20.4 Å². The van der Waals surface area contributed by atoms with Crippen LogP contribution in [0, 0.1) is 0 Å². The van der Waals surface area contributed by atoms with Gasteiger partial charge in [0.25, 0.3) is 0 Å². The monoisotopic (exact) mass is 929 g/mol. The Morgan fingerprint density at radius 3 is 1.10 bits per heavy atom. The first-order valence-corrected chi connectivity index (χ1v) is 26.7. The molecular weight excluding hydrogens is 831 g/mol. The van der Waals surface area contributed by atoms with Crippen molar-refractivity contribution in [3.63, 3.8) is 0 Å². The standard InChI is InChI=1S/C58H98N2.Pd/c1-7-13-15-16-17-18-19-20-21-22-23-24-25-26-27-28-29-30-31-32-33-34-35-36-37-38-44-58(60-56-48-46-52(40-10-4)54(50-56)42-12-6)57(43-14-8-2)59-55-47-45-51(39-9-3)53(49-55)41-11-5;/h38,44-50H,7-37,39-43H2,1-6H3;/b44-38+,59-57+,60-58+;. The maximum Gasteiger partial charge on any atom is 0.0848 e. The van der Waals surface area contributed by atoms with E-state index in [-0.39, 0.29) is 20.4 Å². The topological polar surface area (TPSA) is 24.7 Å². The second-order valence-electron chi connectivity index (χ2n) is 18.4. The molecule has 0 fully saturated rings. The molecule has 0 saturated carbocycles. The molecule has 0 aliphatic heterocycles. The summed E-state index contributed by atoms with van der Waals surface area (Å²) in [4.78, 5) is 10.8. The first-order valence-electron chi connectivity index (χ1n) is 26.7. The van der Waals surface area contributed by atoms with Crippen molar-refractivity contribution >= 4 is 22.8 Å². The van der Waals surface area contributed by atoms with Crippen LogP contribution in [0.15, 0.2) is 58.5 Å². The minimum atomic E-state index is 0. The smallest absolute Gasteiger partial charge is 0.0848 e. The fourth-order valence-electron chi connectivity index (χ4n) is 8.89. The molecule has 0 aliphatic rings. The Hall–Kier alpha value is -1.82. The number of unbranched alkanes of at least 4 members (excludes halogenated alkanes) is 25. The molecule has 350 valence electrons. The van der Waals surface area contributed by atoms with Crippen molar-refractivity contribution < 1.29 is 20.4 Å². The summed E-state index contributed by atoms with van der Waals surface area (Å²) in [5.74, 6) is 0. The van der Waals surface area contributed by atoms with E-state index in [1.165, 1.54) is 189 Å². The van der Waals surface area contributed by atoms with Crippen LogP contribution in [0.25, 0.3) is 0 Å². The van der Waals surface area contributed by atoms with Crippen LogP contribution in [-0.2, 0) is 46.1 Å². The fraction of sp³-hybridized carbons (Fsp3) is 0.724. The van der Waals surface area contributed by atoms with Gasteiger partial charge in [0.1, 0.15) is 0 Å². The van der Waals surface area contributed by atoms with Crippen molar-refractivity contribution in [2.24, 2.45) is 9.98 Å². The van der Waals surface area contributed by atoms with Crippen LogP contribution in [0.1, 0.15) is 269 Å². The summed E-state index contributed by atoms with van der Waals surface area (Å²) in [6.07, 6.45) is 52.7. The number of aliphatic imine (C=N–C) groups is 2. The van der Waals surface area contributed by atoms with Gasteiger partial charge in [0.05, 0.1) is 22.8 Å². The zero-order valence-electron chi connectivity index (χ0n) is 41.3. The fourth-order valence-corrected chi connectivity index (χ4v) is 8.89. The van der Waals surface area contributed by atoms with E-state index < -0.39 is 0 Å². The molecule has 2 aromatic rings. The Labute approximate surface area is 394 Å². The molecule has 0 atom stereocenters. The normalized spacial score (nSPS) is 12.2. The number of rotatable bonds is 40. The van der Waals surface area contributed by atoms with Gasteiger partial charge in [0.2, 0.25) is 0 Å². The van der Waals surface area contributed by atoms with Crippen molar-refractivity contribution in [2.75, 3.05) is 0 Å². The Morgan fingerprint density at radius 1 is 0.377 bits per heavy atom. The minimum Gasteiger partial charge on any atom is -0.251 e. The largest absolute Gasteiger partial charge is 0.251 e. The van der Waals surface area contributed by atoms with Crippen molar-refractivity contribution in [1.29, 1.82) is 0 Å². The zero-order chi connectivity index (χ0) is 43.1. The Morgan fingerprint density at radius 2 is 0.721 bits per heavy atom. The first-order chi connectivity index (χ1) is 29.6. The Balaban J connectivity index is 0.0000186. The molecule has 3 heteroatoms. The molecule has 0 aliphatic carbocycles. The molecule has 0 bridgehead atoms. The molecule has 0 spiro atoms. The Kier molecular flexibility index (Phi) is 38.4. The third-order valence-electron chi connectivity index (χ3n) is 12.5. The molecule has 61 heavy (non-hydrogen) atoms. The summed E-state index contributed by atoms with van der Waals surface area (Å²) in [5.41, 5.74) is 10.2. The van der Waals surface area contributed by atoms with Gasteiger partial charge in [-0.3, -0.25) is 4.99 Å². The zero-order valence-corrected chi connectivity index (χ0v) is 42.8. The maximum absolute atomic E-state index is 5.39. The van der Waals surface area contributed by atoms with Gasteiger partial charge >= 0.3 is 0 Å². The van der Waals surface area contributed by atoms with Gasteiger partial charge in [-0.2, -0.15) is 0 Å². The summed E-state index contributed by atoms with van der Waals surface area (Å²) >= 11 is 0. The molecular formula is C58H98N2Pd. The van der Waals surface area contributed by atoms with E-state index >= 15 is 0 Å². The minimum absolute atomic E-state index is 0. The van der Waals surface area contributed by atoms with Crippen LogP contribution in [0.3, 0.4) is 0 Å². The number of aryl methyl sites for hydroxylation is 4. The van der Waals surface area contributed by atoms with Gasteiger partial charge < -0.3 is 0 Å². The van der Waals surface area contributed by atoms with E-state index in [9.17, 15) is 0 Å². The number of benzene rings is 2. The third-order valence-corrected chi connectivity index (χ3v) is 12.5. The SMILES string of the molecule is CCCCCCCCCCCCCCCCCCCCCCCCCC/C=C/C(=N\c1ccc(CCC)c(CCC)c1)C(/CCCC)=N/c1ccc(CCC)c(CCC)c1.[Pd]. The second kappa shape index (κ2) is 40.9. The number of hydrogen-bond donors (Lipinski definition) is 0. The second-order valence-corrected chi connectivity index (χ2v) is 18.4. The predicted molar refractivity (Wildman–Crippen MR) is 273 cm³/mol. The molecule has 2 nitrogen and oxygen atoms in total. The summed E-state index contributed by atoms with van der Waals surface area (Å²) in [7, 11) is 0. The summed E-state index contributed by atoms with van der Waals surface area (Å²) in [6, 6.07) is 13.9. The predicted octanol–water partition coefficient (Wildman–Crippen LogP) is 19.9. The van der Waals surface area contributed by atoms with E-state index in [4.69, 9.17) is 9.98 Å². The Bertz CT molecular complexity index is 1400. The molecule has 2 aromatic carbocycles. The summed E-state index contributed by atoms with van der Waals surface area (Å²) < 4.78 is 0. The maximum atomic E-state index is 5.39. The molecule has 0 radical (unpaired) electrons. The van der Waals surface area contributed by atoms with Crippen molar-refractivity contribution in [3.05, 3.63) is 70.8 Å². The average molecular weight is 930 g/mol. The van der Waals surface area contributed by atoms with E-state index in [1.54, 1.807) is 0 Å². The number of hydrogen-bond acceptors (Lipinski definition) is 2. The van der Waals surface area contributed by atoms with Crippen LogP contribution < -0.4 is 0 Å². The molecule has 2 rings (SSSR count). The quantitative estimate of drug-likeness (QED) is 0.0361. The van der Waals surface area contributed by atoms with Crippen molar-refractivity contribution in [3.8, 4) is 0 Å². The van der Waals surface area contributed by atoms with Crippen LogP contribution in [0.5, 0.6) is 0 Å². The molecule has 0 saturated heterocycles.